The number of allylic oxidation sites excluding steroid dienone is 3. The number of ketones is 1. The summed E-state index contributed by atoms with van der Waals surface area (Å²) < 4.78 is 5.49. The summed E-state index contributed by atoms with van der Waals surface area (Å²) in [5, 5.41) is 0. The maximum atomic E-state index is 13.9. The van der Waals surface area contributed by atoms with Crippen molar-refractivity contribution in [2.75, 3.05) is 18.6 Å². The molecular formula is C30H29NO3. The molecule has 3 aromatic carbocycles. The Labute approximate surface area is 201 Å². The monoisotopic (exact) mass is 451 g/mol. The Morgan fingerprint density at radius 3 is 2.41 bits per heavy atom. The third kappa shape index (κ3) is 4.72. The van der Waals surface area contributed by atoms with Crippen LogP contribution < -0.4 is 9.64 Å². The molecule has 0 unspecified atom stereocenters. The molecule has 0 N–H and O–H groups in total. The maximum absolute atomic E-state index is 13.9. The van der Waals surface area contributed by atoms with Gasteiger partial charge in [-0.2, -0.15) is 0 Å². The summed E-state index contributed by atoms with van der Waals surface area (Å²) in [6, 6.07) is 24.9. The first-order valence-electron chi connectivity index (χ1n) is 11.5. The molecule has 1 amide bonds. The molecule has 0 radical (unpaired) electrons. The van der Waals surface area contributed by atoms with E-state index in [1.54, 1.807) is 12.0 Å². The summed E-state index contributed by atoms with van der Waals surface area (Å²) in [6.45, 7) is 2.44. The lowest BCUT2D eigenvalue weighted by atomic mass is 9.76. The van der Waals surface area contributed by atoms with E-state index in [0.717, 1.165) is 11.1 Å². The van der Waals surface area contributed by atoms with E-state index in [9.17, 15) is 9.59 Å². The maximum Gasteiger partial charge on any atom is 0.241 e. The quantitative estimate of drug-likeness (QED) is 0.230. The fraction of sp³-hybridized carbons (Fsp3) is 0.200. The van der Waals surface area contributed by atoms with Gasteiger partial charge in [-0.1, -0.05) is 96.6 Å². The van der Waals surface area contributed by atoms with E-state index in [1.807, 2.05) is 110 Å². The molecule has 34 heavy (non-hydrogen) atoms. The summed E-state index contributed by atoms with van der Waals surface area (Å²) in [6.07, 6.45) is 8.57. The number of rotatable bonds is 8. The van der Waals surface area contributed by atoms with Gasteiger partial charge in [-0.05, 0) is 37.5 Å². The van der Waals surface area contributed by atoms with E-state index >= 15 is 0 Å². The first kappa shape index (κ1) is 23.2. The average Bonchev–Trinajstić information content (AvgIpc) is 3.21. The van der Waals surface area contributed by atoms with Crippen LogP contribution in [0.1, 0.15) is 34.3 Å². The van der Waals surface area contributed by atoms with E-state index in [2.05, 4.69) is 0 Å². The van der Waals surface area contributed by atoms with Gasteiger partial charge in [0.1, 0.15) is 11.2 Å². The van der Waals surface area contributed by atoms with E-state index in [0.29, 0.717) is 36.4 Å². The van der Waals surface area contributed by atoms with Gasteiger partial charge in [0.05, 0.1) is 12.8 Å². The third-order valence-electron chi connectivity index (χ3n) is 6.34. The summed E-state index contributed by atoms with van der Waals surface area (Å²) in [5.74, 6) is 0.307. The van der Waals surface area contributed by atoms with Gasteiger partial charge in [0.15, 0.2) is 5.78 Å². The molecule has 0 aliphatic carbocycles. The number of aryl methyl sites for hydroxylation is 1. The molecule has 0 bridgehead atoms. The largest absolute Gasteiger partial charge is 0.495 e. The molecule has 4 rings (SSSR count). The minimum Gasteiger partial charge on any atom is -0.495 e. The van der Waals surface area contributed by atoms with Gasteiger partial charge in [-0.3, -0.25) is 9.59 Å². The summed E-state index contributed by atoms with van der Waals surface area (Å²) >= 11 is 0. The molecule has 3 aromatic rings. The minimum absolute atomic E-state index is 0.133. The van der Waals surface area contributed by atoms with Crippen molar-refractivity contribution in [3.05, 3.63) is 114 Å². The van der Waals surface area contributed by atoms with Gasteiger partial charge in [-0.15, -0.1) is 0 Å². The second-order valence-electron chi connectivity index (χ2n) is 8.56. The van der Waals surface area contributed by atoms with Crippen molar-refractivity contribution in [2.45, 2.75) is 19.8 Å². The van der Waals surface area contributed by atoms with Crippen LogP contribution in [-0.4, -0.2) is 25.3 Å². The van der Waals surface area contributed by atoms with Crippen molar-refractivity contribution >= 4 is 23.5 Å². The Kier molecular flexibility index (Phi) is 7.07. The number of hydrogen-bond acceptors (Lipinski definition) is 3. The second-order valence-corrected chi connectivity index (χ2v) is 8.56. The normalized spacial score (nSPS) is 18.2. The molecule has 1 saturated heterocycles. The van der Waals surface area contributed by atoms with Gasteiger partial charge in [0, 0.05) is 12.1 Å². The van der Waals surface area contributed by atoms with Crippen LogP contribution in [0.2, 0.25) is 0 Å². The van der Waals surface area contributed by atoms with Crippen LogP contribution in [0.5, 0.6) is 5.75 Å². The Balaban J connectivity index is 1.64. The minimum atomic E-state index is -1.15. The highest BCUT2D eigenvalue weighted by Gasteiger charge is 2.52. The van der Waals surface area contributed by atoms with E-state index in [-0.39, 0.29) is 11.7 Å². The van der Waals surface area contributed by atoms with Gasteiger partial charge in [0.2, 0.25) is 5.91 Å². The Hall–Kier alpha value is -3.92. The highest BCUT2D eigenvalue weighted by molar-refractivity contribution is 6.20. The molecule has 172 valence electrons. The number of Topliss-reactive ketones (excluding diaryl/α,β-unsaturated/α-hetero) is 1. The van der Waals surface area contributed by atoms with Crippen LogP contribution in [0.4, 0.5) is 5.69 Å². The molecule has 1 atom stereocenters. The van der Waals surface area contributed by atoms with E-state index < -0.39 is 5.41 Å². The molecule has 1 fully saturated rings. The first-order chi connectivity index (χ1) is 16.5. The molecule has 1 aliphatic rings. The van der Waals surface area contributed by atoms with E-state index in [1.165, 1.54) is 0 Å². The number of carbonyl (C=O) groups is 2. The summed E-state index contributed by atoms with van der Waals surface area (Å²) in [7, 11) is 1.59. The lowest BCUT2D eigenvalue weighted by Crippen LogP contribution is -2.40. The van der Waals surface area contributed by atoms with Crippen LogP contribution in [0.25, 0.3) is 6.08 Å². The number of amides is 1. The highest BCUT2D eigenvalue weighted by Crippen LogP contribution is 2.43. The van der Waals surface area contributed by atoms with Gasteiger partial charge in [0.25, 0.3) is 0 Å². The smallest absolute Gasteiger partial charge is 0.241 e. The fourth-order valence-electron chi connectivity index (χ4n) is 4.40. The fourth-order valence-corrected chi connectivity index (χ4v) is 4.40. The molecule has 4 nitrogen and oxygen atoms in total. The molecule has 0 saturated carbocycles. The van der Waals surface area contributed by atoms with E-state index in [4.69, 9.17) is 4.74 Å². The Morgan fingerprint density at radius 1 is 0.971 bits per heavy atom. The second kappa shape index (κ2) is 10.3. The SMILES string of the molecule is COc1ccccc1N1CC[C@@](C/C=C/C=C/c2ccccc2)(C(=O)c2ccc(C)cc2)C1=O. The van der Waals surface area contributed by atoms with Crippen molar-refractivity contribution in [2.24, 2.45) is 5.41 Å². The van der Waals surface area contributed by atoms with Gasteiger partial charge >= 0.3 is 0 Å². The third-order valence-corrected chi connectivity index (χ3v) is 6.34. The zero-order valence-corrected chi connectivity index (χ0v) is 19.6. The van der Waals surface area contributed by atoms with Crippen molar-refractivity contribution in [3.63, 3.8) is 0 Å². The Bertz CT molecular complexity index is 1210. The number of anilines is 1. The Morgan fingerprint density at radius 2 is 1.68 bits per heavy atom. The molecule has 0 aromatic heterocycles. The highest BCUT2D eigenvalue weighted by atomic mass is 16.5. The summed E-state index contributed by atoms with van der Waals surface area (Å²) in [5.41, 5.74) is 2.28. The number of ether oxygens (including phenoxy) is 1. The zero-order chi connectivity index (χ0) is 24.0. The van der Waals surface area contributed by atoms with Crippen LogP contribution in [0, 0.1) is 12.3 Å². The lowest BCUT2D eigenvalue weighted by Gasteiger charge is -2.26. The standard InChI is InChI=1S/C30H29NO3/c1-23-16-18-25(19-17-23)28(32)30(20-10-4-7-13-24-11-5-3-6-12-24)21-22-31(29(30)33)26-14-8-9-15-27(26)34-2/h3-19H,20-22H2,1-2H3/b10-4+,13-7+/t30-/m0/s1. The van der Waals surface area contributed by atoms with Gasteiger partial charge in [-0.25, -0.2) is 0 Å². The van der Waals surface area contributed by atoms with Crippen LogP contribution in [0.15, 0.2) is 97.1 Å². The first-order valence-corrected chi connectivity index (χ1v) is 11.5. The molecule has 1 aliphatic heterocycles. The topological polar surface area (TPSA) is 46.6 Å². The predicted octanol–water partition coefficient (Wildman–Crippen LogP) is 6.27. The number of benzene rings is 3. The predicted molar refractivity (Wildman–Crippen MR) is 137 cm³/mol. The van der Waals surface area contributed by atoms with Gasteiger partial charge < -0.3 is 9.64 Å². The van der Waals surface area contributed by atoms with Crippen molar-refractivity contribution in [1.29, 1.82) is 0 Å². The average molecular weight is 452 g/mol. The summed E-state index contributed by atoms with van der Waals surface area (Å²) in [4.78, 5) is 29.3. The van der Waals surface area contributed by atoms with Crippen molar-refractivity contribution in [3.8, 4) is 5.75 Å². The zero-order valence-electron chi connectivity index (χ0n) is 19.6. The van der Waals surface area contributed by atoms with Crippen molar-refractivity contribution in [1.82, 2.24) is 0 Å². The molecule has 1 heterocycles. The molecule has 4 heteroatoms. The molecule has 0 spiro atoms. The number of carbonyl (C=O) groups excluding carboxylic acids is 2. The van der Waals surface area contributed by atoms with Crippen LogP contribution >= 0.6 is 0 Å². The van der Waals surface area contributed by atoms with Crippen molar-refractivity contribution < 1.29 is 14.3 Å². The lowest BCUT2D eigenvalue weighted by molar-refractivity contribution is -0.123. The number of nitrogens with zero attached hydrogens (tertiary/aromatic N) is 1. The molecular weight excluding hydrogens is 422 g/mol. The number of methoxy groups -OCH3 is 1. The van der Waals surface area contributed by atoms with Crippen LogP contribution in [-0.2, 0) is 4.79 Å². The van der Waals surface area contributed by atoms with Crippen LogP contribution in [0.3, 0.4) is 0 Å². The number of hydrogen-bond donors (Lipinski definition) is 0. The number of para-hydroxylation sites is 2.